The van der Waals surface area contributed by atoms with Crippen LogP contribution in [0.2, 0.25) is 0 Å². The summed E-state index contributed by atoms with van der Waals surface area (Å²) in [6.07, 6.45) is -0.147. The molecule has 0 amide bonds. The fraction of sp³-hybridized carbons (Fsp3) is 0.417. The highest BCUT2D eigenvalue weighted by Crippen LogP contribution is 2.23. The second-order valence-electron chi connectivity index (χ2n) is 4.02. The summed E-state index contributed by atoms with van der Waals surface area (Å²) < 4.78 is 5.14. The highest BCUT2D eigenvalue weighted by Gasteiger charge is 2.18. The van der Waals surface area contributed by atoms with Crippen LogP contribution >= 0.6 is 0 Å². The topological polar surface area (TPSA) is 98.6 Å². The molecule has 0 aromatic heterocycles. The van der Waals surface area contributed by atoms with Gasteiger partial charge in [-0.25, -0.2) is 0 Å². The van der Waals surface area contributed by atoms with E-state index >= 15 is 0 Å². The molecule has 0 bridgehead atoms. The number of nitrogens with two attached hydrogens (primary N) is 2. The zero-order chi connectivity index (χ0) is 13.0. The van der Waals surface area contributed by atoms with Crippen molar-refractivity contribution < 1.29 is 14.6 Å². The molecule has 1 rings (SSSR count). The number of rotatable bonds is 5. The lowest BCUT2D eigenvalue weighted by molar-refractivity contribution is -0.137. The number of hydrogen-bond donors (Lipinski definition) is 3. The fourth-order valence-corrected chi connectivity index (χ4v) is 1.68. The Morgan fingerprint density at radius 3 is 2.59 bits per heavy atom. The molecule has 5 heteroatoms. The van der Waals surface area contributed by atoms with Gasteiger partial charge < -0.3 is 21.3 Å². The van der Waals surface area contributed by atoms with Crippen LogP contribution in [0.3, 0.4) is 0 Å². The van der Waals surface area contributed by atoms with Gasteiger partial charge in [-0.2, -0.15) is 0 Å². The first-order chi connectivity index (χ1) is 7.95. The van der Waals surface area contributed by atoms with Crippen LogP contribution in [0, 0.1) is 6.92 Å². The molecule has 0 heterocycles. The lowest BCUT2D eigenvalue weighted by Crippen LogP contribution is -2.36. The van der Waals surface area contributed by atoms with Crippen LogP contribution in [0.5, 0.6) is 5.75 Å². The molecule has 1 aromatic rings. The lowest BCUT2D eigenvalue weighted by Gasteiger charge is -2.19. The molecule has 0 spiro atoms. The molecule has 0 aliphatic heterocycles. The van der Waals surface area contributed by atoms with E-state index < -0.39 is 18.1 Å². The summed E-state index contributed by atoms with van der Waals surface area (Å²) in [5.41, 5.74) is 13.4. The zero-order valence-corrected chi connectivity index (χ0v) is 10.0. The third-order valence-electron chi connectivity index (χ3n) is 2.68. The van der Waals surface area contributed by atoms with Crippen molar-refractivity contribution in [2.45, 2.75) is 25.4 Å². The number of hydrogen-bond acceptors (Lipinski definition) is 4. The van der Waals surface area contributed by atoms with E-state index in [1.807, 2.05) is 13.0 Å². The number of ether oxygens (including phenoxy) is 1. The molecule has 5 nitrogen and oxygen atoms in total. The first-order valence-electron chi connectivity index (χ1n) is 5.33. The van der Waals surface area contributed by atoms with Gasteiger partial charge in [-0.15, -0.1) is 0 Å². The summed E-state index contributed by atoms with van der Waals surface area (Å²) >= 11 is 0. The summed E-state index contributed by atoms with van der Waals surface area (Å²) in [5.74, 6) is -0.175. The van der Waals surface area contributed by atoms with Crippen molar-refractivity contribution in [3.05, 3.63) is 29.3 Å². The highest BCUT2D eigenvalue weighted by molar-refractivity contribution is 5.67. The summed E-state index contributed by atoms with van der Waals surface area (Å²) in [4.78, 5) is 10.6. The predicted octanol–water partition coefficient (Wildman–Crippen LogP) is 0.805. The Hall–Kier alpha value is -1.59. The molecule has 0 aliphatic rings. The van der Waals surface area contributed by atoms with Crippen molar-refractivity contribution in [3.63, 3.8) is 0 Å². The van der Waals surface area contributed by atoms with Crippen LogP contribution in [0.25, 0.3) is 0 Å². The highest BCUT2D eigenvalue weighted by atomic mass is 16.5. The van der Waals surface area contributed by atoms with E-state index in [4.69, 9.17) is 21.3 Å². The van der Waals surface area contributed by atoms with Crippen LogP contribution in [-0.2, 0) is 4.79 Å². The molecule has 17 heavy (non-hydrogen) atoms. The summed E-state index contributed by atoms with van der Waals surface area (Å²) in [6, 6.07) is 4.39. The molecular weight excluding hydrogens is 220 g/mol. The number of aryl methyl sites for hydroxylation is 1. The standard InChI is InChI=1S/C12H18N2O3/c1-7-5-8(3-4-10(7)17-2)12(14)9(13)6-11(15)16/h3-5,9,12H,6,13-14H2,1-2H3,(H,15,16). The van der Waals surface area contributed by atoms with Gasteiger partial charge >= 0.3 is 5.97 Å². The molecule has 94 valence electrons. The number of methoxy groups -OCH3 is 1. The number of aliphatic carboxylic acids is 1. The summed E-state index contributed by atoms with van der Waals surface area (Å²) in [5, 5.41) is 8.66. The van der Waals surface area contributed by atoms with Gasteiger partial charge in [-0.1, -0.05) is 12.1 Å². The Morgan fingerprint density at radius 2 is 2.12 bits per heavy atom. The fourth-order valence-electron chi connectivity index (χ4n) is 1.68. The van der Waals surface area contributed by atoms with Crippen LogP contribution in [-0.4, -0.2) is 24.2 Å². The minimum Gasteiger partial charge on any atom is -0.496 e. The van der Waals surface area contributed by atoms with Crippen LogP contribution in [0.15, 0.2) is 18.2 Å². The monoisotopic (exact) mass is 238 g/mol. The Bertz CT molecular complexity index is 407. The minimum atomic E-state index is -0.946. The summed E-state index contributed by atoms with van der Waals surface area (Å²) in [6.45, 7) is 1.90. The largest absolute Gasteiger partial charge is 0.496 e. The second kappa shape index (κ2) is 5.65. The average Bonchev–Trinajstić information content (AvgIpc) is 2.27. The SMILES string of the molecule is COc1ccc(C(N)C(N)CC(=O)O)cc1C. The van der Waals surface area contributed by atoms with Gasteiger partial charge in [0.2, 0.25) is 0 Å². The third kappa shape index (κ3) is 3.44. The van der Waals surface area contributed by atoms with Crippen molar-refractivity contribution in [2.24, 2.45) is 11.5 Å². The second-order valence-corrected chi connectivity index (χ2v) is 4.02. The molecule has 0 aliphatic carbocycles. The van der Waals surface area contributed by atoms with E-state index in [0.29, 0.717) is 0 Å². The molecule has 0 fully saturated rings. The van der Waals surface area contributed by atoms with Crippen LogP contribution in [0.4, 0.5) is 0 Å². The Labute approximate surface area is 100 Å². The minimum absolute atomic E-state index is 0.147. The molecule has 0 saturated heterocycles. The first kappa shape index (κ1) is 13.5. The van der Waals surface area contributed by atoms with Gasteiger partial charge in [0.25, 0.3) is 0 Å². The smallest absolute Gasteiger partial charge is 0.304 e. The lowest BCUT2D eigenvalue weighted by atomic mass is 9.97. The van der Waals surface area contributed by atoms with Gasteiger partial charge in [-0.3, -0.25) is 4.79 Å². The molecule has 2 atom stereocenters. The number of carboxylic acid groups (broad SMARTS) is 1. The molecule has 1 aromatic carbocycles. The maximum absolute atomic E-state index is 10.6. The maximum atomic E-state index is 10.6. The molecule has 2 unspecified atom stereocenters. The number of benzene rings is 1. The average molecular weight is 238 g/mol. The predicted molar refractivity (Wildman–Crippen MR) is 64.9 cm³/mol. The normalized spacial score (nSPS) is 14.1. The van der Waals surface area contributed by atoms with Crippen molar-refractivity contribution in [3.8, 4) is 5.75 Å². The zero-order valence-electron chi connectivity index (χ0n) is 10.0. The van der Waals surface area contributed by atoms with Gasteiger partial charge in [-0.05, 0) is 24.1 Å². The van der Waals surface area contributed by atoms with Crippen LogP contribution < -0.4 is 16.2 Å². The maximum Gasteiger partial charge on any atom is 0.304 e. The Balaban J connectivity index is 2.85. The van der Waals surface area contributed by atoms with Crippen LogP contribution in [0.1, 0.15) is 23.6 Å². The number of carbonyl (C=O) groups is 1. The molecule has 5 N–H and O–H groups in total. The summed E-state index contributed by atoms with van der Waals surface area (Å²) in [7, 11) is 1.60. The quantitative estimate of drug-likeness (QED) is 0.705. The van der Waals surface area contributed by atoms with E-state index in [-0.39, 0.29) is 6.42 Å². The third-order valence-corrected chi connectivity index (χ3v) is 2.68. The molecule has 0 saturated carbocycles. The Morgan fingerprint density at radius 1 is 1.47 bits per heavy atom. The van der Waals surface area contributed by atoms with E-state index in [9.17, 15) is 4.79 Å². The van der Waals surface area contributed by atoms with Crippen molar-refractivity contribution >= 4 is 5.97 Å². The Kier molecular flexibility index (Phi) is 4.48. The number of carboxylic acids is 1. The van der Waals surface area contributed by atoms with Crippen molar-refractivity contribution in [2.75, 3.05) is 7.11 Å². The van der Waals surface area contributed by atoms with Gasteiger partial charge in [0.15, 0.2) is 0 Å². The van der Waals surface area contributed by atoms with Crippen molar-refractivity contribution in [1.29, 1.82) is 0 Å². The molecule has 0 radical (unpaired) electrons. The van der Waals surface area contributed by atoms with E-state index in [2.05, 4.69) is 0 Å². The van der Waals surface area contributed by atoms with Crippen molar-refractivity contribution in [1.82, 2.24) is 0 Å². The van der Waals surface area contributed by atoms with E-state index in [0.717, 1.165) is 16.9 Å². The van der Waals surface area contributed by atoms with Gasteiger partial charge in [0.1, 0.15) is 5.75 Å². The van der Waals surface area contributed by atoms with E-state index in [1.54, 1.807) is 19.2 Å². The van der Waals surface area contributed by atoms with Gasteiger partial charge in [0.05, 0.1) is 13.5 Å². The van der Waals surface area contributed by atoms with Gasteiger partial charge in [0, 0.05) is 12.1 Å². The van der Waals surface area contributed by atoms with E-state index in [1.165, 1.54) is 0 Å². The molecular formula is C12H18N2O3. The first-order valence-corrected chi connectivity index (χ1v) is 5.33.